The third-order valence-electron chi connectivity index (χ3n) is 3.12. The van der Waals surface area contributed by atoms with Crippen LogP contribution in [-0.2, 0) is 9.53 Å². The smallest absolute Gasteiger partial charge is 0.306 e. The number of ketones is 1. The third kappa shape index (κ3) is 5.50. The molecule has 6 heteroatoms. The predicted octanol–water partition coefficient (Wildman–Crippen LogP) is 2.61. The largest absolute Gasteiger partial charge is 0.497 e. The Labute approximate surface area is 134 Å². The first-order valence-electron chi connectivity index (χ1n) is 7.28. The van der Waals surface area contributed by atoms with Crippen molar-refractivity contribution in [3.05, 3.63) is 48.3 Å². The average Bonchev–Trinajstić information content (AvgIpc) is 3.12. The maximum absolute atomic E-state index is 11.6. The first-order valence-corrected chi connectivity index (χ1v) is 7.28. The Morgan fingerprint density at radius 1 is 1.09 bits per heavy atom. The monoisotopic (exact) mass is 317 g/mol. The summed E-state index contributed by atoms with van der Waals surface area (Å²) in [5.74, 6) is 0.801. The lowest BCUT2D eigenvalue weighted by Gasteiger charge is -2.07. The highest BCUT2D eigenvalue weighted by atomic mass is 16.5. The van der Waals surface area contributed by atoms with Gasteiger partial charge in [0, 0.05) is 12.6 Å². The molecule has 0 aliphatic rings. The first kappa shape index (κ1) is 16.6. The minimum absolute atomic E-state index is 0.203. The first-order chi connectivity index (χ1) is 11.2. The summed E-state index contributed by atoms with van der Waals surface area (Å²) in [6.07, 6.45) is 2.36. The summed E-state index contributed by atoms with van der Waals surface area (Å²) in [5, 5.41) is 0. The van der Waals surface area contributed by atoms with Gasteiger partial charge in [-0.1, -0.05) is 0 Å². The second kappa shape index (κ2) is 8.63. The van der Waals surface area contributed by atoms with E-state index in [-0.39, 0.29) is 18.8 Å². The number of benzene rings is 1. The number of esters is 1. The summed E-state index contributed by atoms with van der Waals surface area (Å²) >= 11 is 0. The molecule has 0 aliphatic heterocycles. The second-order valence-electron chi connectivity index (χ2n) is 4.80. The molecule has 0 bridgehead atoms. The molecule has 122 valence electrons. The molecular formula is C17H19NO5. The number of aromatic amines is 1. The summed E-state index contributed by atoms with van der Waals surface area (Å²) in [4.78, 5) is 26.0. The van der Waals surface area contributed by atoms with E-state index in [1.54, 1.807) is 49.7 Å². The molecule has 2 aromatic rings. The fraction of sp³-hybridized carbons (Fsp3) is 0.294. The number of carbonyl (C=O) groups excluding carboxylic acids is 2. The molecule has 0 fully saturated rings. The Morgan fingerprint density at radius 2 is 1.83 bits per heavy atom. The summed E-state index contributed by atoms with van der Waals surface area (Å²) in [6, 6.07) is 10.6. The summed E-state index contributed by atoms with van der Waals surface area (Å²) in [6.45, 7) is 0.144. The van der Waals surface area contributed by atoms with E-state index < -0.39 is 5.97 Å². The van der Waals surface area contributed by atoms with Crippen molar-refractivity contribution in [2.75, 3.05) is 20.3 Å². The lowest BCUT2D eigenvalue weighted by molar-refractivity contribution is -0.142. The molecule has 0 amide bonds. The van der Waals surface area contributed by atoms with Crippen LogP contribution in [-0.4, -0.2) is 37.1 Å². The highest BCUT2D eigenvalue weighted by molar-refractivity contribution is 5.96. The standard InChI is InChI=1S/C17H19NO5/c1-21-13-6-8-14(9-7-13)22-11-3-5-17(20)23-12-16(19)15-4-2-10-18-15/h2,4,6-10,18H,3,5,11-12H2,1H3. The van der Waals surface area contributed by atoms with Crippen LogP contribution in [0.4, 0.5) is 0 Å². The Hall–Kier alpha value is -2.76. The summed E-state index contributed by atoms with van der Waals surface area (Å²) < 4.78 is 15.5. The summed E-state index contributed by atoms with van der Waals surface area (Å²) in [7, 11) is 1.60. The van der Waals surface area contributed by atoms with Crippen LogP contribution in [0.1, 0.15) is 23.3 Å². The lowest BCUT2D eigenvalue weighted by atomic mass is 10.3. The minimum Gasteiger partial charge on any atom is -0.497 e. The number of ether oxygens (including phenoxy) is 3. The number of Topliss-reactive ketones (excluding diaryl/α,β-unsaturated/α-hetero) is 1. The highest BCUT2D eigenvalue weighted by Crippen LogP contribution is 2.17. The van der Waals surface area contributed by atoms with Gasteiger partial charge in [0.2, 0.25) is 5.78 Å². The molecule has 0 atom stereocenters. The molecule has 1 aromatic carbocycles. The van der Waals surface area contributed by atoms with E-state index in [0.717, 1.165) is 5.75 Å². The van der Waals surface area contributed by atoms with E-state index >= 15 is 0 Å². The van der Waals surface area contributed by atoms with Gasteiger partial charge >= 0.3 is 5.97 Å². The van der Waals surface area contributed by atoms with Crippen molar-refractivity contribution in [2.24, 2.45) is 0 Å². The Balaban J connectivity index is 1.60. The maximum atomic E-state index is 11.6. The number of H-pyrrole nitrogens is 1. The van der Waals surface area contributed by atoms with Gasteiger partial charge in [0.1, 0.15) is 11.5 Å². The molecule has 2 rings (SSSR count). The number of methoxy groups -OCH3 is 1. The van der Waals surface area contributed by atoms with Gasteiger partial charge in [-0.2, -0.15) is 0 Å². The van der Waals surface area contributed by atoms with Gasteiger partial charge < -0.3 is 19.2 Å². The van der Waals surface area contributed by atoms with Gasteiger partial charge in [0.25, 0.3) is 0 Å². The molecule has 1 N–H and O–H groups in total. The quantitative estimate of drug-likeness (QED) is 0.437. The van der Waals surface area contributed by atoms with Crippen molar-refractivity contribution in [1.29, 1.82) is 0 Å². The Kier molecular flexibility index (Phi) is 6.23. The molecule has 23 heavy (non-hydrogen) atoms. The van der Waals surface area contributed by atoms with Gasteiger partial charge in [-0.15, -0.1) is 0 Å². The molecule has 0 radical (unpaired) electrons. The van der Waals surface area contributed by atoms with E-state index in [9.17, 15) is 9.59 Å². The Bertz CT molecular complexity index is 619. The zero-order chi connectivity index (χ0) is 16.5. The van der Waals surface area contributed by atoms with E-state index in [4.69, 9.17) is 14.2 Å². The van der Waals surface area contributed by atoms with Crippen molar-refractivity contribution >= 4 is 11.8 Å². The number of rotatable bonds is 9. The molecule has 0 spiro atoms. The molecule has 0 unspecified atom stereocenters. The van der Waals surface area contributed by atoms with Crippen molar-refractivity contribution in [3.8, 4) is 11.5 Å². The van der Waals surface area contributed by atoms with E-state index in [0.29, 0.717) is 24.5 Å². The van der Waals surface area contributed by atoms with E-state index in [1.807, 2.05) is 0 Å². The van der Waals surface area contributed by atoms with Crippen LogP contribution in [0.3, 0.4) is 0 Å². The van der Waals surface area contributed by atoms with Crippen molar-refractivity contribution in [2.45, 2.75) is 12.8 Å². The van der Waals surface area contributed by atoms with Gasteiger partial charge in [0.05, 0.1) is 19.4 Å². The second-order valence-corrected chi connectivity index (χ2v) is 4.80. The van der Waals surface area contributed by atoms with Crippen LogP contribution in [0.15, 0.2) is 42.6 Å². The maximum Gasteiger partial charge on any atom is 0.306 e. The normalized spacial score (nSPS) is 10.1. The van der Waals surface area contributed by atoms with Gasteiger partial charge in [0.15, 0.2) is 6.61 Å². The molecule has 0 aliphatic carbocycles. The van der Waals surface area contributed by atoms with Crippen molar-refractivity contribution in [3.63, 3.8) is 0 Å². The molecular weight excluding hydrogens is 298 g/mol. The highest BCUT2D eigenvalue weighted by Gasteiger charge is 2.10. The number of hydrogen-bond acceptors (Lipinski definition) is 5. The van der Waals surface area contributed by atoms with E-state index in [1.165, 1.54) is 0 Å². The zero-order valence-corrected chi connectivity index (χ0v) is 12.9. The summed E-state index contributed by atoms with van der Waals surface area (Å²) in [5.41, 5.74) is 0.431. The number of aromatic nitrogens is 1. The van der Waals surface area contributed by atoms with Gasteiger partial charge in [-0.05, 0) is 42.8 Å². The molecule has 6 nitrogen and oxygen atoms in total. The predicted molar refractivity (Wildman–Crippen MR) is 83.8 cm³/mol. The van der Waals surface area contributed by atoms with Gasteiger partial charge in [-0.25, -0.2) is 0 Å². The van der Waals surface area contributed by atoms with Crippen molar-refractivity contribution in [1.82, 2.24) is 4.98 Å². The lowest BCUT2D eigenvalue weighted by Crippen LogP contribution is -2.15. The van der Waals surface area contributed by atoms with Crippen LogP contribution in [0.2, 0.25) is 0 Å². The van der Waals surface area contributed by atoms with Crippen LogP contribution < -0.4 is 9.47 Å². The number of carbonyl (C=O) groups is 2. The van der Waals surface area contributed by atoms with Crippen LogP contribution in [0, 0.1) is 0 Å². The SMILES string of the molecule is COc1ccc(OCCCC(=O)OCC(=O)c2ccc[nH]2)cc1. The van der Waals surface area contributed by atoms with Crippen LogP contribution in [0.5, 0.6) is 11.5 Å². The molecule has 1 aromatic heterocycles. The average molecular weight is 317 g/mol. The fourth-order valence-corrected chi connectivity index (χ4v) is 1.88. The minimum atomic E-state index is -0.414. The zero-order valence-electron chi connectivity index (χ0n) is 12.9. The Morgan fingerprint density at radius 3 is 2.48 bits per heavy atom. The van der Waals surface area contributed by atoms with Gasteiger partial charge in [-0.3, -0.25) is 9.59 Å². The number of nitrogens with one attached hydrogen (secondary N) is 1. The molecule has 1 heterocycles. The fourth-order valence-electron chi connectivity index (χ4n) is 1.88. The molecule has 0 saturated heterocycles. The third-order valence-corrected chi connectivity index (χ3v) is 3.12. The van der Waals surface area contributed by atoms with Crippen LogP contribution >= 0.6 is 0 Å². The number of hydrogen-bond donors (Lipinski definition) is 1. The van der Waals surface area contributed by atoms with Crippen LogP contribution in [0.25, 0.3) is 0 Å². The molecule has 0 saturated carbocycles. The van der Waals surface area contributed by atoms with Crippen molar-refractivity contribution < 1.29 is 23.8 Å². The van der Waals surface area contributed by atoms with E-state index in [2.05, 4.69) is 4.98 Å². The topological polar surface area (TPSA) is 77.6 Å².